The van der Waals surface area contributed by atoms with Gasteiger partial charge in [0.25, 0.3) is 0 Å². The molecular weight excluding hydrogens is 480 g/mol. The van der Waals surface area contributed by atoms with Crippen molar-refractivity contribution in [3.8, 4) is 5.75 Å². The van der Waals surface area contributed by atoms with Crippen molar-refractivity contribution in [2.75, 3.05) is 19.8 Å². The van der Waals surface area contributed by atoms with Crippen LogP contribution in [-0.4, -0.2) is 47.9 Å². The summed E-state index contributed by atoms with van der Waals surface area (Å²) in [6, 6.07) is 17.3. The molecule has 0 fully saturated rings. The number of carbonyl (C=O) groups is 1. The van der Waals surface area contributed by atoms with E-state index in [-0.39, 0.29) is 25.1 Å². The smallest absolute Gasteiger partial charge is 0.240 e. The quantitative estimate of drug-likeness (QED) is 0.256. The second-order valence-corrected chi connectivity index (χ2v) is 8.35. The van der Waals surface area contributed by atoms with Crippen LogP contribution in [0, 0.1) is 11.8 Å². The van der Waals surface area contributed by atoms with Crippen molar-refractivity contribution in [3.05, 3.63) is 95.3 Å². The highest BCUT2D eigenvalue weighted by Gasteiger charge is 2.26. The number of hydrogen-bond donors (Lipinski definition) is 1. The molecule has 0 radical (unpaired) electrons. The Kier molecular flexibility index (Phi) is 10.9. The first-order valence-electron chi connectivity index (χ1n) is 12.2. The van der Waals surface area contributed by atoms with Crippen LogP contribution in [0.4, 0.5) is 8.78 Å². The fourth-order valence-electron chi connectivity index (χ4n) is 3.75. The molecule has 1 amide bonds. The molecule has 0 saturated heterocycles. The molecule has 1 atom stereocenters. The summed E-state index contributed by atoms with van der Waals surface area (Å²) in [5.74, 6) is -1.26. The molecule has 3 aromatic rings. The normalized spacial score (nSPS) is 11.9. The summed E-state index contributed by atoms with van der Waals surface area (Å²) < 4.78 is 45.3. The third-order valence-electron chi connectivity index (χ3n) is 5.54. The minimum Gasteiger partial charge on any atom is -0.489 e. The highest BCUT2D eigenvalue weighted by atomic mass is 19.1. The summed E-state index contributed by atoms with van der Waals surface area (Å²) >= 11 is 0. The Hall–Kier alpha value is -3.40. The van der Waals surface area contributed by atoms with E-state index in [1.54, 1.807) is 18.2 Å². The van der Waals surface area contributed by atoms with Crippen LogP contribution in [0.2, 0.25) is 0 Å². The van der Waals surface area contributed by atoms with Crippen LogP contribution >= 0.6 is 0 Å². The first-order valence-corrected chi connectivity index (χ1v) is 12.2. The van der Waals surface area contributed by atoms with E-state index < -0.39 is 30.0 Å². The first-order chi connectivity index (χ1) is 17.9. The van der Waals surface area contributed by atoms with Crippen LogP contribution in [0.1, 0.15) is 30.7 Å². The van der Waals surface area contributed by atoms with Crippen LogP contribution in [-0.2, 0) is 33.8 Å². The van der Waals surface area contributed by atoms with Crippen molar-refractivity contribution >= 4 is 5.91 Å². The fraction of sp³-hybridized carbons (Fsp3) is 0.357. The van der Waals surface area contributed by atoms with Gasteiger partial charge >= 0.3 is 0 Å². The molecule has 0 aliphatic heterocycles. The molecule has 1 aromatic heterocycles. The summed E-state index contributed by atoms with van der Waals surface area (Å²) in [6.07, 6.45) is -0.734. The molecule has 1 heterocycles. The number of aromatic nitrogens is 1. The number of carbonyl (C=O) groups excluding carboxylic acids is 1. The molecule has 3 rings (SSSR count). The number of hydrogen-bond acceptors (Lipinski definition) is 6. The van der Waals surface area contributed by atoms with Gasteiger partial charge in [-0.1, -0.05) is 42.5 Å². The van der Waals surface area contributed by atoms with Gasteiger partial charge in [-0.05, 0) is 49.6 Å². The lowest BCUT2D eigenvalue weighted by Gasteiger charge is -2.29. The molecule has 37 heavy (non-hydrogen) atoms. The number of nitrogens with zero attached hydrogens (tertiary/aromatic N) is 2. The standard InChI is InChI=1S/C28H33F2N3O4/c1-3-35-27(36-4-2)18-33(17-22-11-8-12-26(30)32-22)28(34)25(31)15-21-13-14-23(16-24(21)29)37-19-20-9-6-5-7-10-20/h5-14,16,25,27H,3-4,15,17-19,31H2,1-2H3/t25-/m0/s1. The number of rotatable bonds is 14. The molecule has 0 aliphatic rings. The number of halogens is 2. The summed E-state index contributed by atoms with van der Waals surface area (Å²) in [5, 5.41) is 0. The van der Waals surface area contributed by atoms with Gasteiger partial charge in [-0.15, -0.1) is 0 Å². The third kappa shape index (κ3) is 8.89. The molecule has 0 bridgehead atoms. The predicted molar refractivity (Wildman–Crippen MR) is 136 cm³/mol. The van der Waals surface area contributed by atoms with Crippen LogP contribution in [0.25, 0.3) is 0 Å². The van der Waals surface area contributed by atoms with Crippen LogP contribution in [0.5, 0.6) is 5.75 Å². The second-order valence-electron chi connectivity index (χ2n) is 8.35. The van der Waals surface area contributed by atoms with Crippen LogP contribution in [0.15, 0.2) is 66.7 Å². The summed E-state index contributed by atoms with van der Waals surface area (Å²) in [5.41, 5.74) is 7.82. The molecule has 198 valence electrons. The molecule has 0 unspecified atom stereocenters. The van der Waals surface area contributed by atoms with Crippen molar-refractivity contribution in [3.63, 3.8) is 0 Å². The lowest BCUT2D eigenvalue weighted by atomic mass is 10.0. The Bertz CT molecular complexity index is 1130. The number of pyridine rings is 1. The highest BCUT2D eigenvalue weighted by Crippen LogP contribution is 2.20. The average Bonchev–Trinajstić information content (AvgIpc) is 2.89. The molecule has 0 spiro atoms. The number of ether oxygens (including phenoxy) is 3. The lowest BCUT2D eigenvalue weighted by Crippen LogP contribution is -2.48. The van der Waals surface area contributed by atoms with Crippen molar-refractivity contribution in [2.24, 2.45) is 5.73 Å². The Morgan fingerprint density at radius 2 is 1.73 bits per heavy atom. The minimum absolute atomic E-state index is 0.00428. The molecule has 2 N–H and O–H groups in total. The van der Waals surface area contributed by atoms with Gasteiger partial charge in [0.2, 0.25) is 11.9 Å². The SMILES string of the molecule is CCOC(CN(Cc1cccc(F)n1)C(=O)[C@@H](N)Cc1ccc(OCc2ccccc2)cc1F)OCC. The van der Waals surface area contributed by atoms with E-state index in [4.69, 9.17) is 19.9 Å². The van der Waals surface area contributed by atoms with E-state index in [0.717, 1.165) is 5.56 Å². The van der Waals surface area contributed by atoms with Crippen LogP contribution in [0.3, 0.4) is 0 Å². The highest BCUT2D eigenvalue weighted by molar-refractivity contribution is 5.82. The fourth-order valence-corrected chi connectivity index (χ4v) is 3.75. The molecular formula is C28H33F2N3O4. The number of benzene rings is 2. The van der Waals surface area contributed by atoms with Gasteiger partial charge in [0.05, 0.1) is 24.8 Å². The monoisotopic (exact) mass is 513 g/mol. The topological polar surface area (TPSA) is 86.9 Å². The number of amides is 1. The molecule has 0 saturated carbocycles. The maximum Gasteiger partial charge on any atom is 0.240 e. The van der Waals surface area contributed by atoms with Crippen molar-refractivity contribution in [2.45, 2.75) is 45.8 Å². The van der Waals surface area contributed by atoms with Gasteiger partial charge < -0.3 is 24.8 Å². The predicted octanol–water partition coefficient (Wildman–Crippen LogP) is 4.24. The zero-order valence-corrected chi connectivity index (χ0v) is 21.1. The van der Waals surface area contributed by atoms with Gasteiger partial charge in [-0.2, -0.15) is 4.39 Å². The number of nitrogens with two attached hydrogens (primary N) is 1. The Balaban J connectivity index is 1.69. The Morgan fingerprint density at radius 3 is 2.38 bits per heavy atom. The minimum atomic E-state index is -1.05. The third-order valence-corrected chi connectivity index (χ3v) is 5.54. The summed E-state index contributed by atoms with van der Waals surface area (Å²) in [7, 11) is 0. The Morgan fingerprint density at radius 1 is 1.00 bits per heavy atom. The van der Waals surface area contributed by atoms with Gasteiger partial charge in [0.15, 0.2) is 6.29 Å². The van der Waals surface area contributed by atoms with E-state index in [1.807, 2.05) is 44.2 Å². The van der Waals surface area contributed by atoms with Gasteiger partial charge in [-0.3, -0.25) is 4.79 Å². The van der Waals surface area contributed by atoms with Crippen molar-refractivity contribution in [1.82, 2.24) is 9.88 Å². The largest absolute Gasteiger partial charge is 0.489 e. The zero-order valence-electron chi connectivity index (χ0n) is 21.1. The van der Waals surface area contributed by atoms with E-state index >= 15 is 0 Å². The van der Waals surface area contributed by atoms with Crippen LogP contribution < -0.4 is 10.5 Å². The van der Waals surface area contributed by atoms with E-state index in [0.29, 0.717) is 31.3 Å². The molecule has 9 heteroatoms. The second kappa shape index (κ2) is 14.4. The van der Waals surface area contributed by atoms with Crippen molar-refractivity contribution in [1.29, 1.82) is 0 Å². The summed E-state index contributed by atoms with van der Waals surface area (Å²) in [4.78, 5) is 18.6. The molecule has 0 aliphatic carbocycles. The zero-order chi connectivity index (χ0) is 26.6. The lowest BCUT2D eigenvalue weighted by molar-refractivity contribution is -0.160. The van der Waals surface area contributed by atoms with E-state index in [9.17, 15) is 13.6 Å². The van der Waals surface area contributed by atoms with E-state index in [2.05, 4.69) is 4.98 Å². The van der Waals surface area contributed by atoms with Crippen molar-refractivity contribution < 1.29 is 27.8 Å². The maximum absolute atomic E-state index is 14.9. The summed E-state index contributed by atoms with van der Waals surface area (Å²) in [6.45, 7) is 4.74. The average molecular weight is 514 g/mol. The molecule has 2 aromatic carbocycles. The maximum atomic E-state index is 14.9. The van der Waals surface area contributed by atoms with Gasteiger partial charge in [-0.25, -0.2) is 9.37 Å². The van der Waals surface area contributed by atoms with E-state index in [1.165, 1.54) is 23.1 Å². The van der Waals surface area contributed by atoms with Gasteiger partial charge in [0, 0.05) is 19.3 Å². The molecule has 7 nitrogen and oxygen atoms in total. The van der Waals surface area contributed by atoms with Gasteiger partial charge in [0.1, 0.15) is 18.2 Å². The first kappa shape index (κ1) is 28.2. The Labute approximate surface area is 216 Å².